The number of carbonyl (C=O) groups is 3. The van der Waals surface area contributed by atoms with Gasteiger partial charge in [0.05, 0.1) is 6.61 Å². The average molecular weight is 346 g/mol. The van der Waals surface area contributed by atoms with Gasteiger partial charge in [-0.3, -0.25) is 14.4 Å². The molecule has 24 heavy (non-hydrogen) atoms. The number of hydrogen-bond donors (Lipinski definition) is 2. The summed E-state index contributed by atoms with van der Waals surface area (Å²) in [6, 6.07) is 0. The van der Waals surface area contributed by atoms with Crippen LogP contribution in [-0.4, -0.2) is 53.0 Å². The molecule has 2 N–H and O–H groups in total. The quantitative estimate of drug-likeness (QED) is 0.346. The number of aliphatic hydroxyl groups is 2. The monoisotopic (exact) mass is 346 g/mol. The Labute approximate surface area is 141 Å². The Hall–Kier alpha value is -2.09. The molecule has 0 aromatic carbocycles. The lowest BCUT2D eigenvalue weighted by Crippen LogP contribution is -2.48. The maximum atomic E-state index is 11.7. The highest BCUT2D eigenvalue weighted by Crippen LogP contribution is 2.20. The molecule has 0 radical (unpaired) electrons. The molecule has 8 nitrogen and oxygen atoms in total. The van der Waals surface area contributed by atoms with Crippen LogP contribution in [0, 0.1) is 0 Å². The number of ether oxygens (including phenoxy) is 3. The van der Waals surface area contributed by atoms with Gasteiger partial charge in [0.15, 0.2) is 18.3 Å². The lowest BCUT2D eigenvalue weighted by atomic mass is 10.1. The second kappa shape index (κ2) is 11.4. The Balaban J connectivity index is 5.67. The van der Waals surface area contributed by atoms with Crippen molar-refractivity contribution in [1.29, 1.82) is 0 Å². The van der Waals surface area contributed by atoms with Gasteiger partial charge in [0.2, 0.25) is 0 Å². The van der Waals surface area contributed by atoms with Crippen molar-refractivity contribution in [1.82, 2.24) is 0 Å². The standard InChI is InChI=1S/C16H26O8/c1-5-10(18)15(23-13(20)7-3)16(24-14(21)8-4)11(9-17)22-12(19)6-2/h5,11,15-18H,6-9H2,1-4H3/b10-5-/t11-,15+,16+/m1/s1. The molecular weight excluding hydrogens is 320 g/mol. The second-order valence-corrected chi connectivity index (χ2v) is 4.85. The molecule has 0 fully saturated rings. The van der Waals surface area contributed by atoms with Crippen LogP contribution in [0.5, 0.6) is 0 Å². The van der Waals surface area contributed by atoms with Crippen LogP contribution in [0.4, 0.5) is 0 Å². The van der Waals surface area contributed by atoms with Gasteiger partial charge in [0.1, 0.15) is 5.76 Å². The van der Waals surface area contributed by atoms with E-state index in [1.165, 1.54) is 13.0 Å². The predicted octanol–water partition coefficient (Wildman–Crippen LogP) is 1.41. The number of rotatable bonds is 10. The first kappa shape index (κ1) is 21.9. The summed E-state index contributed by atoms with van der Waals surface area (Å²) in [6.07, 6.45) is -2.70. The lowest BCUT2D eigenvalue weighted by molar-refractivity contribution is -0.187. The largest absolute Gasteiger partial charge is 0.509 e. The minimum absolute atomic E-state index is 0.0153. The van der Waals surface area contributed by atoms with E-state index < -0.39 is 42.8 Å². The van der Waals surface area contributed by atoms with Crippen LogP contribution in [0.2, 0.25) is 0 Å². The van der Waals surface area contributed by atoms with Gasteiger partial charge < -0.3 is 24.4 Å². The molecule has 138 valence electrons. The summed E-state index contributed by atoms with van der Waals surface area (Å²) in [6.45, 7) is 5.48. The number of carbonyl (C=O) groups excluding carboxylic acids is 3. The highest BCUT2D eigenvalue weighted by molar-refractivity contribution is 5.71. The topological polar surface area (TPSA) is 119 Å². The molecule has 0 heterocycles. The van der Waals surface area contributed by atoms with Gasteiger partial charge >= 0.3 is 17.9 Å². The molecule has 0 bridgehead atoms. The minimum Gasteiger partial charge on any atom is -0.509 e. The van der Waals surface area contributed by atoms with Crippen molar-refractivity contribution in [2.24, 2.45) is 0 Å². The number of hydrogen-bond acceptors (Lipinski definition) is 8. The highest BCUT2D eigenvalue weighted by Gasteiger charge is 2.39. The fourth-order valence-electron chi connectivity index (χ4n) is 1.71. The van der Waals surface area contributed by atoms with Crippen LogP contribution < -0.4 is 0 Å². The first-order valence-electron chi connectivity index (χ1n) is 7.88. The summed E-state index contributed by atoms with van der Waals surface area (Å²) in [5.41, 5.74) is 0. The molecule has 3 atom stereocenters. The first-order chi connectivity index (χ1) is 11.3. The van der Waals surface area contributed by atoms with Gasteiger partial charge in [-0.1, -0.05) is 20.8 Å². The van der Waals surface area contributed by atoms with Crippen LogP contribution in [0.3, 0.4) is 0 Å². The smallest absolute Gasteiger partial charge is 0.306 e. The van der Waals surface area contributed by atoms with Crippen molar-refractivity contribution < 1.29 is 38.8 Å². The summed E-state index contributed by atoms with van der Waals surface area (Å²) < 4.78 is 15.3. The predicted molar refractivity (Wildman–Crippen MR) is 84.0 cm³/mol. The Morgan fingerprint density at radius 3 is 1.79 bits per heavy atom. The molecule has 0 rings (SSSR count). The van der Waals surface area contributed by atoms with E-state index in [4.69, 9.17) is 14.2 Å². The third kappa shape index (κ3) is 6.99. The lowest BCUT2D eigenvalue weighted by Gasteiger charge is -2.31. The van der Waals surface area contributed by atoms with E-state index in [1.54, 1.807) is 20.8 Å². The fraction of sp³-hybridized carbons (Fsp3) is 0.688. The van der Waals surface area contributed by atoms with Crippen LogP contribution >= 0.6 is 0 Å². The summed E-state index contributed by atoms with van der Waals surface area (Å²) in [4.78, 5) is 34.8. The maximum absolute atomic E-state index is 11.7. The zero-order valence-corrected chi connectivity index (χ0v) is 14.5. The van der Waals surface area contributed by atoms with Crippen molar-refractivity contribution in [3.8, 4) is 0 Å². The molecule has 0 aliphatic heterocycles. The molecule has 0 spiro atoms. The average Bonchev–Trinajstić information content (AvgIpc) is 2.60. The van der Waals surface area contributed by atoms with Gasteiger partial charge in [-0.2, -0.15) is 0 Å². The Morgan fingerprint density at radius 2 is 1.38 bits per heavy atom. The van der Waals surface area contributed by atoms with Crippen molar-refractivity contribution in [2.45, 2.75) is 65.3 Å². The molecule has 0 aromatic rings. The SMILES string of the molecule is C/C=C(\O)[C@H](OC(=O)CC)[C@@H](OC(=O)CC)[C@@H](CO)OC(=O)CC. The van der Waals surface area contributed by atoms with E-state index in [9.17, 15) is 24.6 Å². The number of aliphatic hydroxyl groups excluding tert-OH is 2. The van der Waals surface area contributed by atoms with E-state index in [1.807, 2.05) is 0 Å². The van der Waals surface area contributed by atoms with Crippen molar-refractivity contribution >= 4 is 17.9 Å². The first-order valence-corrected chi connectivity index (χ1v) is 7.88. The minimum atomic E-state index is -1.39. The van der Waals surface area contributed by atoms with Crippen LogP contribution in [0.15, 0.2) is 11.8 Å². The summed E-state index contributed by atoms with van der Waals surface area (Å²) in [5, 5.41) is 19.5. The molecule has 0 saturated heterocycles. The van der Waals surface area contributed by atoms with Gasteiger partial charge in [-0.25, -0.2) is 0 Å². The van der Waals surface area contributed by atoms with Gasteiger partial charge in [-0.05, 0) is 13.0 Å². The van der Waals surface area contributed by atoms with E-state index >= 15 is 0 Å². The second-order valence-electron chi connectivity index (χ2n) is 4.85. The molecule has 8 heteroatoms. The summed E-state index contributed by atoms with van der Waals surface area (Å²) in [7, 11) is 0. The third-order valence-corrected chi connectivity index (χ3v) is 3.11. The zero-order valence-electron chi connectivity index (χ0n) is 14.5. The van der Waals surface area contributed by atoms with Crippen molar-refractivity contribution in [3.05, 3.63) is 11.8 Å². The van der Waals surface area contributed by atoms with E-state index in [2.05, 4.69) is 0 Å². The molecule has 0 aliphatic rings. The Morgan fingerprint density at radius 1 is 0.917 bits per heavy atom. The van der Waals surface area contributed by atoms with Gasteiger partial charge in [-0.15, -0.1) is 0 Å². The van der Waals surface area contributed by atoms with Crippen LogP contribution in [0.1, 0.15) is 47.0 Å². The van der Waals surface area contributed by atoms with Gasteiger partial charge in [0, 0.05) is 19.3 Å². The highest BCUT2D eigenvalue weighted by atomic mass is 16.6. The number of allylic oxidation sites excluding steroid dienone is 1. The molecule has 0 saturated carbocycles. The summed E-state index contributed by atoms with van der Waals surface area (Å²) in [5.74, 6) is -2.32. The van der Waals surface area contributed by atoms with E-state index in [0.717, 1.165) is 0 Å². The normalized spacial score (nSPS) is 15.1. The molecule has 0 aromatic heterocycles. The molecular formula is C16H26O8. The molecule has 0 unspecified atom stereocenters. The van der Waals surface area contributed by atoms with E-state index in [-0.39, 0.29) is 25.0 Å². The fourth-order valence-corrected chi connectivity index (χ4v) is 1.71. The summed E-state index contributed by atoms with van der Waals surface area (Å²) >= 11 is 0. The van der Waals surface area contributed by atoms with Crippen LogP contribution in [-0.2, 0) is 28.6 Å². The maximum Gasteiger partial charge on any atom is 0.306 e. The zero-order chi connectivity index (χ0) is 18.7. The van der Waals surface area contributed by atoms with Crippen molar-refractivity contribution in [3.63, 3.8) is 0 Å². The third-order valence-electron chi connectivity index (χ3n) is 3.11. The Bertz CT molecular complexity index is 457. The van der Waals surface area contributed by atoms with Gasteiger partial charge in [0.25, 0.3) is 0 Å². The van der Waals surface area contributed by atoms with Crippen molar-refractivity contribution in [2.75, 3.05) is 6.61 Å². The molecule has 0 aliphatic carbocycles. The number of esters is 3. The van der Waals surface area contributed by atoms with E-state index in [0.29, 0.717) is 0 Å². The van der Waals surface area contributed by atoms with Crippen LogP contribution in [0.25, 0.3) is 0 Å². The Kier molecular flexibility index (Phi) is 10.4. The molecule has 0 amide bonds.